The van der Waals surface area contributed by atoms with E-state index in [-0.39, 0.29) is 5.60 Å². The van der Waals surface area contributed by atoms with Crippen LogP contribution in [0.25, 0.3) is 0 Å². The molecule has 2 aliphatic carbocycles. The van der Waals surface area contributed by atoms with E-state index >= 15 is 0 Å². The van der Waals surface area contributed by atoms with Crippen LogP contribution >= 0.6 is 0 Å². The van der Waals surface area contributed by atoms with Crippen LogP contribution in [0.3, 0.4) is 0 Å². The van der Waals surface area contributed by atoms with Crippen molar-refractivity contribution in [2.75, 3.05) is 0 Å². The molecular weight excluding hydrogens is 236 g/mol. The second kappa shape index (κ2) is 4.79. The fourth-order valence-electron chi connectivity index (χ4n) is 5.76. The van der Waals surface area contributed by atoms with Gasteiger partial charge in [0.15, 0.2) is 0 Å². The first-order chi connectivity index (χ1) is 8.80. The summed E-state index contributed by atoms with van der Waals surface area (Å²) in [4.78, 5) is 10.9. The van der Waals surface area contributed by atoms with Crippen LogP contribution in [-0.2, 0) is 9.53 Å². The van der Waals surface area contributed by atoms with Gasteiger partial charge in [-0.25, -0.2) is 0 Å². The summed E-state index contributed by atoms with van der Waals surface area (Å²) in [6, 6.07) is 0. The summed E-state index contributed by atoms with van der Waals surface area (Å²) in [5.41, 5.74) is 0.505. The van der Waals surface area contributed by atoms with E-state index in [4.69, 9.17) is 4.74 Å². The second-order valence-electron chi connectivity index (χ2n) is 7.93. The Hall–Kier alpha value is -0.530. The van der Waals surface area contributed by atoms with Crippen molar-refractivity contribution in [1.82, 2.24) is 0 Å². The third-order valence-electron chi connectivity index (χ3n) is 6.46. The van der Waals surface area contributed by atoms with Gasteiger partial charge in [0.1, 0.15) is 5.60 Å². The molecule has 2 fully saturated rings. The zero-order valence-electron chi connectivity index (χ0n) is 13.3. The molecule has 0 N–H and O–H groups in total. The fraction of sp³-hybridized carbons (Fsp3) is 0.941. The topological polar surface area (TPSA) is 26.3 Å². The molecule has 4 atom stereocenters. The monoisotopic (exact) mass is 266 g/mol. The third-order valence-corrected chi connectivity index (χ3v) is 6.46. The smallest absolute Gasteiger partial charge is 0.293 e. The standard InChI is InChI=1S/C17H30O2/c1-6-13-16(4)10-7-9-15(2,3)14(16)8-11-17(13,5)19-12-18/h12-14H,6-11H2,1-5H3/t13-,14?,16-,17-/m1/s1. The van der Waals surface area contributed by atoms with E-state index < -0.39 is 0 Å². The zero-order chi connectivity index (χ0) is 14.3. The normalized spacial score (nSPS) is 45.3. The summed E-state index contributed by atoms with van der Waals surface area (Å²) in [7, 11) is 0. The van der Waals surface area contributed by atoms with Gasteiger partial charge in [0.05, 0.1) is 0 Å². The lowest BCUT2D eigenvalue weighted by Gasteiger charge is -2.61. The highest BCUT2D eigenvalue weighted by Crippen LogP contribution is 2.63. The van der Waals surface area contributed by atoms with Crippen LogP contribution in [0, 0.1) is 22.7 Å². The van der Waals surface area contributed by atoms with Crippen molar-refractivity contribution in [2.45, 2.75) is 78.7 Å². The van der Waals surface area contributed by atoms with Gasteiger partial charge in [-0.15, -0.1) is 0 Å². The number of ether oxygens (including phenoxy) is 1. The second-order valence-corrected chi connectivity index (χ2v) is 7.93. The Labute approximate surface area is 118 Å². The number of hydrogen-bond acceptors (Lipinski definition) is 2. The minimum absolute atomic E-state index is 0.255. The SMILES string of the molecule is CC[C@H]1[C@](C)(OC=O)CCC2C(C)(C)CCC[C@@]21C. The molecule has 0 aromatic rings. The van der Waals surface area contributed by atoms with Crippen LogP contribution < -0.4 is 0 Å². The molecule has 19 heavy (non-hydrogen) atoms. The van der Waals surface area contributed by atoms with Gasteiger partial charge >= 0.3 is 0 Å². The average molecular weight is 266 g/mol. The van der Waals surface area contributed by atoms with Gasteiger partial charge in [-0.3, -0.25) is 4.79 Å². The first-order valence-electron chi connectivity index (χ1n) is 7.91. The van der Waals surface area contributed by atoms with Gasteiger partial charge in [-0.05, 0) is 55.8 Å². The Kier molecular flexibility index (Phi) is 3.75. The molecule has 0 aromatic carbocycles. The van der Waals surface area contributed by atoms with Gasteiger partial charge in [0.2, 0.25) is 0 Å². The van der Waals surface area contributed by atoms with Crippen LogP contribution in [0.5, 0.6) is 0 Å². The van der Waals surface area contributed by atoms with E-state index in [0.717, 1.165) is 18.8 Å². The predicted molar refractivity (Wildman–Crippen MR) is 77.8 cm³/mol. The maximum atomic E-state index is 10.9. The van der Waals surface area contributed by atoms with E-state index in [1.54, 1.807) is 0 Å². The third kappa shape index (κ3) is 2.21. The summed E-state index contributed by atoms with van der Waals surface area (Å²) in [6.07, 6.45) is 7.27. The Morgan fingerprint density at radius 1 is 1.16 bits per heavy atom. The molecule has 0 bridgehead atoms. The minimum atomic E-state index is -0.255. The molecule has 0 aliphatic heterocycles. The summed E-state index contributed by atoms with van der Waals surface area (Å²) in [5, 5.41) is 0. The lowest BCUT2D eigenvalue weighted by Crippen LogP contribution is -2.58. The Morgan fingerprint density at radius 2 is 1.84 bits per heavy atom. The molecule has 2 aliphatic rings. The van der Waals surface area contributed by atoms with E-state index in [9.17, 15) is 4.79 Å². The van der Waals surface area contributed by atoms with Crippen LogP contribution in [0.4, 0.5) is 0 Å². The van der Waals surface area contributed by atoms with Gasteiger partial charge in [-0.2, -0.15) is 0 Å². The van der Waals surface area contributed by atoms with Crippen molar-refractivity contribution in [2.24, 2.45) is 22.7 Å². The van der Waals surface area contributed by atoms with Crippen LogP contribution in [-0.4, -0.2) is 12.1 Å². The van der Waals surface area contributed by atoms with Crippen molar-refractivity contribution in [3.05, 3.63) is 0 Å². The van der Waals surface area contributed by atoms with E-state index in [0.29, 0.717) is 23.2 Å². The largest absolute Gasteiger partial charge is 0.461 e. The summed E-state index contributed by atoms with van der Waals surface area (Å²) < 4.78 is 5.58. The molecular formula is C17H30O2. The molecule has 2 nitrogen and oxygen atoms in total. The van der Waals surface area contributed by atoms with Gasteiger partial charge in [0.25, 0.3) is 6.47 Å². The molecule has 110 valence electrons. The summed E-state index contributed by atoms with van der Waals surface area (Å²) in [6.45, 7) is 12.4. The number of carbonyl (C=O) groups is 1. The number of hydrogen-bond donors (Lipinski definition) is 0. The molecule has 0 saturated heterocycles. The summed E-state index contributed by atoms with van der Waals surface area (Å²) >= 11 is 0. The molecule has 0 aromatic heterocycles. The number of carbonyl (C=O) groups excluding carboxylic acids is 1. The molecule has 2 saturated carbocycles. The molecule has 0 amide bonds. The lowest BCUT2D eigenvalue weighted by molar-refractivity contribution is -0.189. The van der Waals surface area contributed by atoms with Crippen molar-refractivity contribution < 1.29 is 9.53 Å². The Bertz CT molecular complexity index is 349. The Balaban J connectivity index is 2.37. The quantitative estimate of drug-likeness (QED) is 0.699. The maximum absolute atomic E-state index is 10.9. The van der Waals surface area contributed by atoms with Gasteiger partial charge in [0, 0.05) is 5.92 Å². The first kappa shape index (κ1) is 14.9. The van der Waals surface area contributed by atoms with Crippen molar-refractivity contribution in [3.63, 3.8) is 0 Å². The van der Waals surface area contributed by atoms with E-state index in [1.807, 2.05) is 0 Å². The van der Waals surface area contributed by atoms with Crippen molar-refractivity contribution in [1.29, 1.82) is 0 Å². The molecule has 0 heterocycles. The Morgan fingerprint density at radius 3 is 2.42 bits per heavy atom. The molecule has 0 radical (unpaired) electrons. The zero-order valence-corrected chi connectivity index (χ0v) is 13.3. The van der Waals surface area contributed by atoms with Crippen LogP contribution in [0.2, 0.25) is 0 Å². The predicted octanol–water partition coefficient (Wildman–Crippen LogP) is 4.57. The summed E-state index contributed by atoms with van der Waals surface area (Å²) in [5.74, 6) is 1.26. The minimum Gasteiger partial charge on any atom is -0.461 e. The van der Waals surface area contributed by atoms with E-state index in [2.05, 4.69) is 34.6 Å². The first-order valence-corrected chi connectivity index (χ1v) is 7.91. The molecule has 1 unspecified atom stereocenters. The van der Waals surface area contributed by atoms with Gasteiger partial charge < -0.3 is 4.74 Å². The van der Waals surface area contributed by atoms with Crippen molar-refractivity contribution >= 4 is 6.47 Å². The van der Waals surface area contributed by atoms with Crippen molar-refractivity contribution in [3.8, 4) is 0 Å². The lowest BCUT2D eigenvalue weighted by atomic mass is 9.45. The maximum Gasteiger partial charge on any atom is 0.293 e. The average Bonchev–Trinajstić information content (AvgIpc) is 2.27. The van der Waals surface area contributed by atoms with Gasteiger partial charge in [-0.1, -0.05) is 34.1 Å². The highest BCUT2D eigenvalue weighted by molar-refractivity contribution is 5.38. The number of fused-ring (bicyclic) bond motifs is 1. The molecule has 0 spiro atoms. The fourth-order valence-corrected chi connectivity index (χ4v) is 5.76. The van der Waals surface area contributed by atoms with Crippen LogP contribution in [0.1, 0.15) is 73.1 Å². The van der Waals surface area contributed by atoms with Crippen LogP contribution in [0.15, 0.2) is 0 Å². The van der Waals surface area contributed by atoms with E-state index in [1.165, 1.54) is 25.7 Å². The molecule has 2 heteroatoms. The highest BCUT2D eigenvalue weighted by Gasteiger charge is 2.58. The highest BCUT2D eigenvalue weighted by atomic mass is 16.5. The molecule has 2 rings (SSSR count). The number of rotatable bonds is 3.